The maximum absolute atomic E-state index is 12.7. The first-order chi connectivity index (χ1) is 11.9. The van der Waals surface area contributed by atoms with Gasteiger partial charge in [0.15, 0.2) is 14.2 Å². The van der Waals surface area contributed by atoms with Gasteiger partial charge in [-0.15, -0.1) is 11.3 Å². The molecule has 0 N–H and O–H groups in total. The number of hydrogen-bond donors (Lipinski definition) is 0. The number of sulfone groups is 1. The van der Waals surface area contributed by atoms with E-state index in [4.69, 9.17) is 11.6 Å². The Morgan fingerprint density at radius 3 is 2.80 bits per heavy atom. The normalized spacial score (nSPS) is 22.4. The number of halogens is 1. The van der Waals surface area contributed by atoms with Crippen LogP contribution in [0.5, 0.6) is 0 Å². The molecule has 2 fully saturated rings. The maximum Gasteiger partial charge on any atom is 0.233 e. The minimum atomic E-state index is -2.99. The molecule has 0 unspecified atom stereocenters. The Balaban J connectivity index is 1.44. The summed E-state index contributed by atoms with van der Waals surface area (Å²) in [7, 11) is -2.99. The summed E-state index contributed by atoms with van der Waals surface area (Å²) in [6, 6.07) is 5.65. The summed E-state index contributed by atoms with van der Waals surface area (Å²) in [6.45, 7) is 0. The molecule has 2 heterocycles. The van der Waals surface area contributed by atoms with Crippen molar-refractivity contribution in [3.63, 3.8) is 0 Å². The van der Waals surface area contributed by atoms with Gasteiger partial charge >= 0.3 is 0 Å². The largest absolute Gasteiger partial charge is 0.335 e. The second kappa shape index (κ2) is 6.72. The van der Waals surface area contributed by atoms with Crippen LogP contribution in [0.2, 0.25) is 5.02 Å². The maximum atomic E-state index is 12.7. The Morgan fingerprint density at radius 2 is 2.12 bits per heavy atom. The highest BCUT2D eigenvalue weighted by atomic mass is 35.5. The van der Waals surface area contributed by atoms with Crippen molar-refractivity contribution in [3.8, 4) is 0 Å². The topological polar surface area (TPSA) is 67.3 Å². The van der Waals surface area contributed by atoms with E-state index < -0.39 is 9.84 Å². The summed E-state index contributed by atoms with van der Waals surface area (Å²) >= 11 is 8.94. The fraction of sp³-hybridized carbons (Fsp3) is 0.500. The van der Waals surface area contributed by atoms with Crippen LogP contribution >= 0.6 is 34.7 Å². The van der Waals surface area contributed by atoms with E-state index in [1.54, 1.807) is 11.3 Å². The molecule has 134 valence electrons. The molecule has 25 heavy (non-hydrogen) atoms. The van der Waals surface area contributed by atoms with E-state index in [1.165, 1.54) is 11.8 Å². The zero-order chi connectivity index (χ0) is 17.6. The number of nitrogens with zero attached hydrogens (tertiary/aromatic N) is 2. The number of rotatable bonds is 5. The second-order valence-electron chi connectivity index (χ2n) is 6.47. The number of thioether (sulfide) groups is 1. The minimum Gasteiger partial charge on any atom is -0.335 e. The van der Waals surface area contributed by atoms with Gasteiger partial charge < -0.3 is 4.90 Å². The van der Waals surface area contributed by atoms with E-state index in [-0.39, 0.29) is 29.5 Å². The quantitative estimate of drug-likeness (QED) is 0.700. The van der Waals surface area contributed by atoms with Crippen molar-refractivity contribution in [2.75, 3.05) is 17.3 Å². The van der Waals surface area contributed by atoms with Crippen molar-refractivity contribution in [1.82, 2.24) is 9.88 Å². The van der Waals surface area contributed by atoms with Crippen molar-refractivity contribution in [3.05, 3.63) is 23.2 Å². The first-order valence-corrected chi connectivity index (χ1v) is 12.1. The van der Waals surface area contributed by atoms with Crippen LogP contribution in [0.3, 0.4) is 0 Å². The predicted octanol–water partition coefficient (Wildman–Crippen LogP) is 3.22. The van der Waals surface area contributed by atoms with Gasteiger partial charge in [-0.1, -0.05) is 23.4 Å². The Labute approximate surface area is 159 Å². The van der Waals surface area contributed by atoms with Crippen molar-refractivity contribution in [2.24, 2.45) is 0 Å². The lowest BCUT2D eigenvalue weighted by Crippen LogP contribution is -2.43. The summed E-state index contributed by atoms with van der Waals surface area (Å²) in [5.41, 5.74) is 0.841. The van der Waals surface area contributed by atoms with Crippen molar-refractivity contribution >= 4 is 60.7 Å². The summed E-state index contributed by atoms with van der Waals surface area (Å²) < 4.78 is 25.4. The fourth-order valence-electron chi connectivity index (χ4n) is 3.19. The average Bonchev–Trinajstić information content (AvgIpc) is 3.19. The standard InChI is InChI=1S/C16H17ClN2O3S3/c17-10-1-4-14-13(7-10)18-16(24-14)23-8-15(20)19(11-2-3-11)12-5-6-25(21,22)9-12/h1,4,7,11-12H,2-3,5-6,8-9H2/t12-/m1/s1. The molecule has 4 rings (SSSR count). The molecule has 2 aromatic rings. The van der Waals surface area contributed by atoms with Crippen molar-refractivity contribution in [1.29, 1.82) is 0 Å². The van der Waals surface area contributed by atoms with E-state index in [2.05, 4.69) is 4.98 Å². The molecule has 5 nitrogen and oxygen atoms in total. The molecular formula is C16H17ClN2O3S3. The number of fused-ring (bicyclic) bond motifs is 1. The number of thiazole rings is 1. The molecule has 1 atom stereocenters. The fourth-order valence-corrected chi connectivity index (χ4v) is 6.99. The highest BCUT2D eigenvalue weighted by Gasteiger charge is 2.41. The third-order valence-electron chi connectivity index (χ3n) is 4.48. The Kier molecular flexibility index (Phi) is 4.72. The van der Waals surface area contributed by atoms with Gasteiger partial charge in [0, 0.05) is 17.1 Å². The number of benzene rings is 1. The summed E-state index contributed by atoms with van der Waals surface area (Å²) in [5, 5.41) is 0.646. The smallest absolute Gasteiger partial charge is 0.233 e. The van der Waals surface area contributed by atoms with Crippen LogP contribution in [-0.2, 0) is 14.6 Å². The third-order valence-corrected chi connectivity index (χ3v) is 8.63. The van der Waals surface area contributed by atoms with E-state index in [9.17, 15) is 13.2 Å². The van der Waals surface area contributed by atoms with Crippen LogP contribution in [0.1, 0.15) is 19.3 Å². The summed E-state index contributed by atoms with van der Waals surface area (Å²) in [6.07, 6.45) is 2.52. The zero-order valence-corrected chi connectivity index (χ0v) is 16.6. The SMILES string of the molecule is O=C(CSc1nc2cc(Cl)ccc2s1)N(C1CC1)[C@@H]1CCS(=O)(=O)C1. The molecule has 0 spiro atoms. The number of carbonyl (C=O) groups is 1. The predicted molar refractivity (Wildman–Crippen MR) is 102 cm³/mol. The Hall–Kier alpha value is -0.830. The molecule has 1 amide bonds. The molecule has 1 aromatic carbocycles. The molecule has 2 aliphatic rings. The molecule has 0 radical (unpaired) electrons. The lowest BCUT2D eigenvalue weighted by atomic mass is 10.2. The van der Waals surface area contributed by atoms with Gasteiger partial charge in [-0.05, 0) is 37.5 Å². The van der Waals surface area contributed by atoms with Crippen LogP contribution in [0.15, 0.2) is 22.5 Å². The van der Waals surface area contributed by atoms with Crippen LogP contribution < -0.4 is 0 Å². The molecule has 1 aliphatic heterocycles. The first-order valence-electron chi connectivity index (χ1n) is 8.12. The summed E-state index contributed by atoms with van der Waals surface area (Å²) in [4.78, 5) is 19.1. The monoisotopic (exact) mass is 416 g/mol. The second-order valence-corrected chi connectivity index (χ2v) is 11.4. The van der Waals surface area contributed by atoms with E-state index >= 15 is 0 Å². The number of hydrogen-bond acceptors (Lipinski definition) is 6. The van der Waals surface area contributed by atoms with Gasteiger partial charge in [0.1, 0.15) is 0 Å². The van der Waals surface area contributed by atoms with E-state index in [1.807, 2.05) is 23.1 Å². The van der Waals surface area contributed by atoms with Gasteiger partial charge in [-0.25, -0.2) is 13.4 Å². The number of aromatic nitrogens is 1. The van der Waals surface area contributed by atoms with Crippen molar-refractivity contribution < 1.29 is 13.2 Å². The molecular weight excluding hydrogens is 400 g/mol. The van der Waals surface area contributed by atoms with Gasteiger partial charge in [0.2, 0.25) is 5.91 Å². The lowest BCUT2D eigenvalue weighted by molar-refractivity contribution is -0.130. The average molecular weight is 417 g/mol. The lowest BCUT2D eigenvalue weighted by Gasteiger charge is -2.28. The van der Waals surface area contributed by atoms with Crippen LogP contribution in [0.25, 0.3) is 10.2 Å². The van der Waals surface area contributed by atoms with Gasteiger partial charge in [-0.2, -0.15) is 0 Å². The molecule has 1 aliphatic carbocycles. The Morgan fingerprint density at radius 1 is 1.32 bits per heavy atom. The zero-order valence-electron chi connectivity index (χ0n) is 13.4. The van der Waals surface area contributed by atoms with Crippen LogP contribution in [-0.4, -0.2) is 53.6 Å². The van der Waals surface area contributed by atoms with Crippen LogP contribution in [0.4, 0.5) is 0 Å². The van der Waals surface area contributed by atoms with Crippen LogP contribution in [0, 0.1) is 0 Å². The molecule has 1 saturated heterocycles. The molecule has 9 heteroatoms. The van der Waals surface area contributed by atoms with Crippen molar-refractivity contribution in [2.45, 2.75) is 35.7 Å². The van der Waals surface area contributed by atoms with Gasteiger partial charge in [0.05, 0.1) is 27.5 Å². The van der Waals surface area contributed by atoms with Gasteiger partial charge in [-0.3, -0.25) is 4.79 Å². The third kappa shape index (κ3) is 3.97. The first kappa shape index (κ1) is 17.6. The Bertz CT molecular complexity index is 924. The number of carbonyl (C=O) groups excluding carboxylic acids is 1. The number of amides is 1. The highest BCUT2D eigenvalue weighted by Crippen LogP contribution is 2.35. The van der Waals surface area contributed by atoms with Gasteiger partial charge in [0.25, 0.3) is 0 Å². The van der Waals surface area contributed by atoms with E-state index in [0.29, 0.717) is 17.2 Å². The summed E-state index contributed by atoms with van der Waals surface area (Å²) in [5.74, 6) is 0.618. The molecule has 1 saturated carbocycles. The molecule has 0 bridgehead atoms. The highest BCUT2D eigenvalue weighted by molar-refractivity contribution is 8.01. The minimum absolute atomic E-state index is 0.0203. The van der Waals surface area contributed by atoms with E-state index in [0.717, 1.165) is 27.4 Å². The molecule has 1 aromatic heterocycles.